The van der Waals surface area contributed by atoms with E-state index in [9.17, 15) is 52.7 Å². The van der Waals surface area contributed by atoms with Gasteiger partial charge in [0.2, 0.25) is 44.7 Å². The highest BCUT2D eigenvalue weighted by molar-refractivity contribution is 6.01. The van der Waals surface area contributed by atoms with Gasteiger partial charge in [0.1, 0.15) is 6.61 Å². The van der Waals surface area contributed by atoms with Crippen LogP contribution < -0.4 is 97.5 Å². The molecule has 1 aliphatic rings. The van der Waals surface area contributed by atoms with Crippen molar-refractivity contribution < 1.29 is 114 Å². The monoisotopic (exact) mass is 1530 g/mol. The van der Waals surface area contributed by atoms with E-state index in [0.29, 0.717) is 87.5 Å². The van der Waals surface area contributed by atoms with Crippen LogP contribution in [-0.2, 0) is 64.0 Å². The zero-order chi connectivity index (χ0) is 82.8. The Morgan fingerprint density at radius 3 is 1.17 bits per heavy atom. The molecule has 0 fully saturated rings. The van der Waals surface area contributed by atoms with E-state index in [1.54, 1.807) is 72.1 Å². The maximum Gasteiger partial charge on any atom is 0.308 e. The summed E-state index contributed by atoms with van der Waals surface area (Å²) in [5, 5.41) is 2.40. The molecule has 9 rings (SSSR count). The lowest BCUT2D eigenvalue weighted by Crippen LogP contribution is -2.39. The molecule has 0 N–H and O–H groups in total. The summed E-state index contributed by atoms with van der Waals surface area (Å²) in [6, 6.07) is 19.6. The van der Waals surface area contributed by atoms with Crippen LogP contribution in [0.3, 0.4) is 0 Å². The number of hydrogen-bond donors (Lipinski definition) is 0. The quantitative estimate of drug-likeness (QED) is 0.0326. The third-order valence-corrected chi connectivity index (χ3v) is 15.7. The number of ether oxygens (including phenoxy) is 17. The molecule has 28 heteroatoms. The van der Waals surface area contributed by atoms with Gasteiger partial charge in [0.15, 0.2) is 69.0 Å². The number of allylic oxidation sites excluding steroid dienone is 3. The lowest BCUT2D eigenvalue weighted by Gasteiger charge is -2.21. The molecule has 0 aliphatic carbocycles. The smallest absolute Gasteiger partial charge is 0.308 e. The second-order valence-electron chi connectivity index (χ2n) is 24.5. The van der Waals surface area contributed by atoms with E-state index in [1.165, 1.54) is 72.6 Å². The van der Waals surface area contributed by atoms with Crippen LogP contribution >= 0.6 is 0 Å². The number of aryl methyl sites for hydroxylation is 4. The highest BCUT2D eigenvalue weighted by Gasteiger charge is 2.41. The average Bonchev–Trinajstić information content (AvgIpc) is 1.71. The van der Waals surface area contributed by atoms with Crippen LogP contribution in [0.15, 0.2) is 129 Å². The molecular formula is C83H88O28. The molecular weight excluding hydrogens is 1440 g/mol. The number of methoxy groups -OCH3 is 5. The molecule has 8 aromatic carbocycles. The number of fused-ring (bicyclic) bond motifs is 5. The molecule has 0 saturated carbocycles. The minimum atomic E-state index is -1.11. The molecule has 588 valence electrons. The normalized spacial score (nSPS) is 12.1. The number of carbonyl (C=O) groups excluding carboxylic acids is 7. The van der Waals surface area contributed by atoms with Gasteiger partial charge in [-0.3, -0.25) is 52.7 Å². The van der Waals surface area contributed by atoms with E-state index in [0.717, 1.165) is 51.1 Å². The third-order valence-electron chi connectivity index (χ3n) is 15.7. The fraction of sp³-hybridized carbons (Fsp3) is 0.313. The number of hydrogen-bond acceptors (Lipinski definition) is 28. The first kappa shape index (κ1) is 87.1. The molecule has 0 aromatic heterocycles. The van der Waals surface area contributed by atoms with Crippen molar-refractivity contribution in [2.24, 2.45) is 0 Å². The lowest BCUT2D eigenvalue weighted by atomic mass is 10.0. The first-order valence-electron chi connectivity index (χ1n) is 34.4. The molecule has 0 saturated heterocycles. The number of carbonyl (C=O) groups is 7. The number of rotatable bonds is 23. The lowest BCUT2D eigenvalue weighted by molar-refractivity contribution is -0.135. The average molecular weight is 1530 g/mol. The molecule has 0 bridgehead atoms. The summed E-state index contributed by atoms with van der Waals surface area (Å²) >= 11 is 0. The molecule has 1 unspecified atom stereocenters. The van der Waals surface area contributed by atoms with E-state index < -0.39 is 63.9 Å². The van der Waals surface area contributed by atoms with Crippen LogP contribution in [0.4, 0.5) is 0 Å². The van der Waals surface area contributed by atoms with Gasteiger partial charge >= 0.3 is 41.8 Å². The summed E-state index contributed by atoms with van der Waals surface area (Å²) < 4.78 is 92.0. The van der Waals surface area contributed by atoms with Crippen LogP contribution in [0.25, 0.3) is 43.1 Å². The largest absolute Gasteiger partial charge is 0.492 e. The topological polar surface area (TPSA) is 345 Å². The summed E-state index contributed by atoms with van der Waals surface area (Å²) in [6.07, 6.45) is 2.16. The second-order valence-corrected chi connectivity index (χ2v) is 24.5. The summed E-state index contributed by atoms with van der Waals surface area (Å²) in [7, 11) is 7.66. The predicted molar refractivity (Wildman–Crippen MR) is 412 cm³/mol. The first-order chi connectivity index (χ1) is 52.4. The van der Waals surface area contributed by atoms with Gasteiger partial charge in [0.25, 0.3) is 5.79 Å². The van der Waals surface area contributed by atoms with Crippen molar-refractivity contribution in [2.75, 3.05) is 42.2 Å². The zero-order valence-electron chi connectivity index (χ0n) is 65.5. The number of esters is 7. The Labute approximate surface area is 638 Å². The summed E-state index contributed by atoms with van der Waals surface area (Å²) in [6.45, 7) is 33.3. The maximum atomic E-state index is 13.7. The van der Waals surface area contributed by atoms with Gasteiger partial charge in [-0.1, -0.05) is 96.0 Å². The van der Waals surface area contributed by atoms with E-state index in [1.807, 2.05) is 32.9 Å². The minimum absolute atomic E-state index is 0.0115. The Morgan fingerprint density at radius 2 is 0.739 bits per heavy atom. The summed E-state index contributed by atoms with van der Waals surface area (Å²) in [4.78, 5) is 135. The Balaban J connectivity index is 0.000000232. The van der Waals surface area contributed by atoms with E-state index >= 15 is 0 Å². The molecule has 8 aromatic rings. The zero-order valence-corrected chi connectivity index (χ0v) is 65.5. The highest BCUT2D eigenvalue weighted by Crippen LogP contribution is 2.52. The van der Waals surface area contributed by atoms with Crippen molar-refractivity contribution in [1.29, 1.82) is 0 Å². The fourth-order valence-electron chi connectivity index (χ4n) is 11.8. The van der Waals surface area contributed by atoms with Gasteiger partial charge in [-0.25, -0.2) is 0 Å². The van der Waals surface area contributed by atoms with Crippen LogP contribution in [0.5, 0.6) is 92.0 Å². The van der Waals surface area contributed by atoms with Gasteiger partial charge in [0.05, 0.1) is 67.3 Å². The highest BCUT2D eigenvalue weighted by atomic mass is 16.8. The van der Waals surface area contributed by atoms with Gasteiger partial charge < -0.3 is 80.5 Å². The molecule has 1 aliphatic heterocycles. The number of benzene rings is 4. The van der Waals surface area contributed by atoms with Gasteiger partial charge in [0, 0.05) is 73.6 Å². The van der Waals surface area contributed by atoms with E-state index in [-0.39, 0.29) is 108 Å². The van der Waals surface area contributed by atoms with Crippen LogP contribution in [0, 0.1) is 0 Å². The van der Waals surface area contributed by atoms with Crippen molar-refractivity contribution in [2.45, 2.75) is 135 Å². The van der Waals surface area contributed by atoms with Crippen molar-refractivity contribution in [1.82, 2.24) is 0 Å². The molecule has 0 spiro atoms. The molecule has 0 amide bonds. The standard InChI is InChI=1S/C24H26O8.C20H18O8.C20H20O7.C19H24O5/c1-8-16-10-11-18-17(9-2)22(30-13(5)25)24(32-15(7)27)23(31-14(6)26)19(18)20(28)21(16)29-12(3)4;1-10(2)25-15-8-6-7-14-9-16(26-11(3)21)19(27-12(4)22)20(28-13(5)23)17(14)18(15)24;1-11(2)24-14-8-6-7-13-9-15-18(27-20(4,26-15)10-23-5)19(25-12(3)21)16(13)17(14)22;1-7-11-9-10-13-12(8-2)17(22-4)19(24-6)18(23-5)14(13)15(20)16(11)21-3/h10-11H,3,8-9H2,1-2,4-7H3;6-9H,1H2,2-5H3;6-9H,1,10H2,2-5H3;9-10H,7-8H2,1-6H3. The fourth-order valence-corrected chi connectivity index (χ4v) is 11.8. The van der Waals surface area contributed by atoms with Crippen molar-refractivity contribution in [3.05, 3.63) is 173 Å². The minimum Gasteiger partial charge on any atom is -0.492 e. The van der Waals surface area contributed by atoms with Crippen LogP contribution in [0.2, 0.25) is 0 Å². The molecule has 1 atom stereocenters. The van der Waals surface area contributed by atoms with Gasteiger partial charge in [-0.15, -0.1) is 0 Å². The molecule has 1 heterocycles. The van der Waals surface area contributed by atoms with Crippen molar-refractivity contribution in [3.63, 3.8) is 0 Å². The SMILES string of the molecule is C=C(C)Oc1c(CC)ccc2c(CC)c(OC(C)=O)c(OC(C)=O)c(OC(C)=O)c2c1=O.C=C(C)Oc1cccc2cc(OC(C)=O)c(OC(C)=O)c(OC(C)=O)c2c1=O.C=C(C)Oc1cccc2cc3c(c(OC(C)=O)c2c1=O)OC(C)(COC)O3.CCc1ccc2c(CC)c(OC)c(OC)c(OC)c2c(=O)c1OC. The summed E-state index contributed by atoms with van der Waals surface area (Å²) in [5.41, 5.74) is 0.888. The van der Waals surface area contributed by atoms with Gasteiger partial charge in [-0.05, 0) is 103 Å². The molecule has 111 heavy (non-hydrogen) atoms. The maximum absolute atomic E-state index is 13.7. The van der Waals surface area contributed by atoms with Crippen LogP contribution in [0.1, 0.15) is 126 Å². The van der Waals surface area contributed by atoms with E-state index in [4.69, 9.17) is 80.5 Å². The van der Waals surface area contributed by atoms with Gasteiger partial charge in [-0.2, -0.15) is 0 Å². The van der Waals surface area contributed by atoms with Crippen LogP contribution in [-0.4, -0.2) is 89.7 Å². The van der Waals surface area contributed by atoms with Crippen molar-refractivity contribution >= 4 is 84.9 Å². The van der Waals surface area contributed by atoms with Crippen molar-refractivity contribution in [3.8, 4) is 92.0 Å². The Hall–Kier alpha value is -12.9. The molecule has 28 nitrogen and oxygen atoms in total. The second kappa shape index (κ2) is 38.3. The first-order valence-corrected chi connectivity index (χ1v) is 34.4. The predicted octanol–water partition coefficient (Wildman–Crippen LogP) is 13.4. The third kappa shape index (κ3) is 20.5. The Kier molecular flexibility index (Phi) is 30.0. The summed E-state index contributed by atoms with van der Waals surface area (Å²) in [5.74, 6) is -4.66. The Morgan fingerprint density at radius 1 is 0.351 bits per heavy atom. The van der Waals surface area contributed by atoms with E-state index in [2.05, 4.69) is 19.7 Å². The Bertz CT molecular complexity index is 5350. The molecule has 0 radical (unpaired) electrons.